The number of fused-ring (bicyclic) bond motifs is 1. The average molecular weight is 215 g/mol. The van der Waals surface area contributed by atoms with Crippen LogP contribution in [0.1, 0.15) is 26.5 Å². The summed E-state index contributed by atoms with van der Waals surface area (Å²) in [5, 5.41) is 4.22. The topological polar surface area (TPSA) is 37.8 Å². The summed E-state index contributed by atoms with van der Waals surface area (Å²) in [5.41, 5.74) is 3.00. The molecule has 2 heterocycles. The Bertz CT molecular complexity index is 512. The maximum Gasteiger partial charge on any atom is 0.161 e. The molecule has 0 spiro atoms. The minimum atomic E-state index is 0.0610. The Morgan fingerprint density at radius 3 is 2.50 bits per heavy atom. The molecular formula is C13H17N3. The fourth-order valence-electron chi connectivity index (χ4n) is 1.66. The van der Waals surface area contributed by atoms with Crippen LogP contribution in [0, 0.1) is 0 Å². The highest BCUT2D eigenvalue weighted by Crippen LogP contribution is 2.25. The van der Waals surface area contributed by atoms with Crippen molar-refractivity contribution >= 4 is 16.7 Å². The van der Waals surface area contributed by atoms with E-state index in [1.165, 1.54) is 0 Å². The van der Waals surface area contributed by atoms with Crippen LogP contribution in [0.4, 0.5) is 5.69 Å². The summed E-state index contributed by atoms with van der Waals surface area (Å²) in [5.74, 6) is 0. The molecule has 1 N–H and O–H groups in total. The molecule has 3 nitrogen and oxygen atoms in total. The molecule has 0 amide bonds. The lowest BCUT2D eigenvalue weighted by atomic mass is 9.91. The van der Waals surface area contributed by atoms with Gasteiger partial charge in [-0.15, -0.1) is 0 Å². The largest absolute Gasteiger partial charge is 0.387 e. The molecule has 0 aliphatic rings. The van der Waals surface area contributed by atoms with Gasteiger partial charge in [-0.2, -0.15) is 0 Å². The number of nitrogens with zero attached hydrogens (tertiary/aromatic N) is 2. The molecule has 16 heavy (non-hydrogen) atoms. The molecule has 0 bridgehead atoms. The van der Waals surface area contributed by atoms with Crippen LogP contribution in [0.2, 0.25) is 0 Å². The monoisotopic (exact) mass is 215 g/mol. The van der Waals surface area contributed by atoms with Gasteiger partial charge in [0.15, 0.2) is 5.65 Å². The van der Waals surface area contributed by atoms with E-state index in [0.717, 1.165) is 22.4 Å². The van der Waals surface area contributed by atoms with E-state index in [1.54, 1.807) is 6.20 Å². The highest BCUT2D eigenvalue weighted by Gasteiger charge is 2.16. The second kappa shape index (κ2) is 3.74. The number of rotatable bonds is 1. The second-order valence-corrected chi connectivity index (χ2v) is 4.93. The van der Waals surface area contributed by atoms with Crippen LogP contribution in [0.15, 0.2) is 24.4 Å². The van der Waals surface area contributed by atoms with Crippen molar-refractivity contribution in [2.24, 2.45) is 0 Å². The van der Waals surface area contributed by atoms with Crippen molar-refractivity contribution < 1.29 is 0 Å². The summed E-state index contributed by atoms with van der Waals surface area (Å²) in [7, 11) is 1.91. The molecule has 0 aliphatic carbocycles. The van der Waals surface area contributed by atoms with Gasteiger partial charge < -0.3 is 5.32 Å². The van der Waals surface area contributed by atoms with Gasteiger partial charge in [0.1, 0.15) is 0 Å². The van der Waals surface area contributed by atoms with Crippen molar-refractivity contribution in [3.05, 3.63) is 30.1 Å². The Hall–Kier alpha value is -1.64. The number of hydrogen-bond acceptors (Lipinski definition) is 3. The molecule has 0 saturated heterocycles. The molecule has 3 heteroatoms. The van der Waals surface area contributed by atoms with Crippen molar-refractivity contribution in [1.29, 1.82) is 0 Å². The zero-order valence-corrected chi connectivity index (χ0v) is 10.2. The van der Waals surface area contributed by atoms with Gasteiger partial charge in [0.25, 0.3) is 0 Å². The predicted octanol–water partition coefficient (Wildman–Crippen LogP) is 2.97. The van der Waals surface area contributed by atoms with Crippen LogP contribution in [-0.4, -0.2) is 17.0 Å². The van der Waals surface area contributed by atoms with E-state index in [0.29, 0.717) is 0 Å². The molecule has 2 aromatic heterocycles. The maximum atomic E-state index is 4.60. The van der Waals surface area contributed by atoms with E-state index in [1.807, 2.05) is 13.1 Å². The van der Waals surface area contributed by atoms with E-state index < -0.39 is 0 Å². The number of anilines is 1. The SMILES string of the molecule is CNc1ccnc2nc(C(C)(C)C)ccc12. The lowest BCUT2D eigenvalue weighted by Crippen LogP contribution is -2.13. The third kappa shape index (κ3) is 1.85. The Morgan fingerprint density at radius 2 is 1.88 bits per heavy atom. The lowest BCUT2D eigenvalue weighted by molar-refractivity contribution is 0.571. The van der Waals surface area contributed by atoms with Crippen molar-refractivity contribution in [2.45, 2.75) is 26.2 Å². The molecule has 2 aromatic rings. The van der Waals surface area contributed by atoms with Crippen LogP contribution in [0.3, 0.4) is 0 Å². The Kier molecular flexibility index (Phi) is 2.54. The summed E-state index contributed by atoms with van der Waals surface area (Å²) in [6.45, 7) is 6.47. The summed E-state index contributed by atoms with van der Waals surface area (Å²) in [6.07, 6.45) is 1.79. The van der Waals surface area contributed by atoms with Gasteiger partial charge in [-0.05, 0) is 18.2 Å². The van der Waals surface area contributed by atoms with E-state index >= 15 is 0 Å². The highest BCUT2D eigenvalue weighted by atomic mass is 14.9. The summed E-state index contributed by atoms with van der Waals surface area (Å²) in [4.78, 5) is 8.92. The molecule has 0 atom stereocenters. The molecule has 0 saturated carbocycles. The Labute approximate surface area is 95.9 Å². The Balaban J connectivity index is 2.64. The number of aromatic nitrogens is 2. The molecule has 84 valence electrons. The average Bonchev–Trinajstić information content (AvgIpc) is 2.26. The first-order valence-corrected chi connectivity index (χ1v) is 5.46. The zero-order chi connectivity index (χ0) is 11.8. The summed E-state index contributed by atoms with van der Waals surface area (Å²) < 4.78 is 0. The molecule has 0 fully saturated rings. The van der Waals surface area contributed by atoms with Gasteiger partial charge in [-0.1, -0.05) is 20.8 Å². The number of hydrogen-bond donors (Lipinski definition) is 1. The van der Waals surface area contributed by atoms with E-state index in [2.05, 4.69) is 48.2 Å². The first-order valence-electron chi connectivity index (χ1n) is 5.46. The normalized spacial score (nSPS) is 11.8. The van der Waals surface area contributed by atoms with E-state index in [4.69, 9.17) is 0 Å². The van der Waals surface area contributed by atoms with Gasteiger partial charge in [-0.3, -0.25) is 0 Å². The Morgan fingerprint density at radius 1 is 1.12 bits per heavy atom. The van der Waals surface area contributed by atoms with Crippen LogP contribution >= 0.6 is 0 Å². The van der Waals surface area contributed by atoms with Crippen molar-refractivity contribution in [3.8, 4) is 0 Å². The first kappa shape index (κ1) is 10.9. The molecule has 0 aromatic carbocycles. The van der Waals surface area contributed by atoms with Gasteiger partial charge in [0.2, 0.25) is 0 Å². The van der Waals surface area contributed by atoms with Crippen LogP contribution in [0.25, 0.3) is 11.0 Å². The van der Waals surface area contributed by atoms with Gasteiger partial charge in [0, 0.05) is 35.4 Å². The third-order valence-electron chi connectivity index (χ3n) is 2.64. The van der Waals surface area contributed by atoms with Crippen LogP contribution in [0.5, 0.6) is 0 Å². The fraction of sp³-hybridized carbons (Fsp3) is 0.385. The number of pyridine rings is 2. The minimum absolute atomic E-state index is 0.0610. The second-order valence-electron chi connectivity index (χ2n) is 4.93. The van der Waals surface area contributed by atoms with E-state index in [9.17, 15) is 0 Å². The molecule has 0 radical (unpaired) electrons. The quantitative estimate of drug-likeness (QED) is 0.794. The lowest BCUT2D eigenvalue weighted by Gasteiger charge is -2.18. The summed E-state index contributed by atoms with van der Waals surface area (Å²) in [6, 6.07) is 6.12. The maximum absolute atomic E-state index is 4.60. The van der Waals surface area contributed by atoms with Crippen molar-refractivity contribution in [2.75, 3.05) is 12.4 Å². The number of nitrogens with one attached hydrogen (secondary N) is 1. The standard InChI is InChI=1S/C13H17N3/c1-13(2,3)11-6-5-9-10(14-4)7-8-15-12(9)16-11/h5-8H,1-4H3,(H,14,15,16). The third-order valence-corrected chi connectivity index (χ3v) is 2.64. The van der Waals surface area contributed by atoms with E-state index in [-0.39, 0.29) is 5.41 Å². The van der Waals surface area contributed by atoms with Crippen molar-refractivity contribution in [1.82, 2.24) is 9.97 Å². The zero-order valence-electron chi connectivity index (χ0n) is 10.2. The smallest absolute Gasteiger partial charge is 0.161 e. The molecule has 0 unspecified atom stereocenters. The molecular weight excluding hydrogens is 198 g/mol. The van der Waals surface area contributed by atoms with Crippen molar-refractivity contribution in [3.63, 3.8) is 0 Å². The van der Waals surface area contributed by atoms with Crippen LogP contribution < -0.4 is 5.32 Å². The van der Waals surface area contributed by atoms with Gasteiger partial charge in [0.05, 0.1) is 0 Å². The first-order chi connectivity index (χ1) is 7.52. The fourth-order valence-corrected chi connectivity index (χ4v) is 1.66. The van der Waals surface area contributed by atoms with Gasteiger partial charge >= 0.3 is 0 Å². The molecule has 2 rings (SSSR count). The van der Waals surface area contributed by atoms with Gasteiger partial charge in [-0.25, -0.2) is 9.97 Å². The van der Waals surface area contributed by atoms with Crippen LogP contribution in [-0.2, 0) is 5.41 Å². The predicted molar refractivity (Wildman–Crippen MR) is 67.8 cm³/mol. The minimum Gasteiger partial charge on any atom is -0.387 e. The summed E-state index contributed by atoms with van der Waals surface area (Å²) >= 11 is 0. The highest BCUT2D eigenvalue weighted by molar-refractivity contribution is 5.88. The molecule has 0 aliphatic heterocycles.